The van der Waals surface area contributed by atoms with Crippen molar-refractivity contribution in [2.24, 2.45) is 0 Å². The first-order valence-electron chi connectivity index (χ1n) is 8.98. The lowest BCUT2D eigenvalue weighted by Gasteiger charge is -2.21. The molecule has 0 aliphatic carbocycles. The average Bonchev–Trinajstić information content (AvgIpc) is 2.61. The minimum Gasteiger partial charge on any atom is -0.324 e. The zero-order chi connectivity index (χ0) is 20.0. The van der Waals surface area contributed by atoms with Gasteiger partial charge in [0.1, 0.15) is 6.54 Å². The van der Waals surface area contributed by atoms with Crippen molar-refractivity contribution in [3.05, 3.63) is 60.2 Å². The van der Waals surface area contributed by atoms with E-state index in [0.717, 1.165) is 11.4 Å². The van der Waals surface area contributed by atoms with Crippen LogP contribution in [-0.2, 0) is 21.4 Å². The molecule has 27 heavy (non-hydrogen) atoms. The van der Waals surface area contributed by atoms with Crippen LogP contribution in [-0.4, -0.2) is 33.5 Å². The van der Waals surface area contributed by atoms with E-state index in [9.17, 15) is 13.2 Å². The van der Waals surface area contributed by atoms with Gasteiger partial charge in [-0.15, -0.1) is 0 Å². The minimum atomic E-state index is -3.54. The van der Waals surface area contributed by atoms with Gasteiger partial charge in [0.25, 0.3) is 5.91 Å². The second kappa shape index (κ2) is 9.12. The number of hydrogen-bond acceptors (Lipinski definition) is 3. The summed E-state index contributed by atoms with van der Waals surface area (Å²) in [5.74, 6) is -0.112. The standard InChI is InChI=1S/C20H27N3O3S/c1-15(2)22-27(25,26)19-12-10-18(11-13-19)21-20(24)16(3)23(4)14-17-8-6-5-7-9-17/h5-13,15-16,22H,14H2,1-4H3,(H,21,24)/p+1/t16-/m1/s1. The molecule has 0 saturated heterocycles. The Morgan fingerprint density at radius 1 is 1.00 bits per heavy atom. The highest BCUT2D eigenvalue weighted by atomic mass is 32.2. The number of carbonyl (C=O) groups is 1. The van der Waals surface area contributed by atoms with Crippen molar-refractivity contribution in [2.75, 3.05) is 12.4 Å². The van der Waals surface area contributed by atoms with Gasteiger partial charge in [-0.3, -0.25) is 4.79 Å². The molecule has 0 spiro atoms. The van der Waals surface area contributed by atoms with Crippen molar-refractivity contribution in [1.82, 2.24) is 4.72 Å². The maximum Gasteiger partial charge on any atom is 0.282 e. The van der Waals surface area contributed by atoms with Gasteiger partial charge in [0, 0.05) is 17.3 Å². The lowest BCUT2D eigenvalue weighted by Crippen LogP contribution is -3.12. The molecule has 1 unspecified atom stereocenters. The molecule has 6 nitrogen and oxygen atoms in total. The van der Waals surface area contributed by atoms with Crippen LogP contribution in [0, 0.1) is 0 Å². The Hall–Kier alpha value is -2.22. The van der Waals surface area contributed by atoms with Gasteiger partial charge in [-0.25, -0.2) is 13.1 Å². The van der Waals surface area contributed by atoms with Crippen LogP contribution in [0.5, 0.6) is 0 Å². The first-order valence-corrected chi connectivity index (χ1v) is 10.5. The van der Waals surface area contributed by atoms with Crippen molar-refractivity contribution < 1.29 is 18.1 Å². The van der Waals surface area contributed by atoms with E-state index in [1.807, 2.05) is 44.3 Å². The van der Waals surface area contributed by atoms with Gasteiger partial charge in [0.15, 0.2) is 6.04 Å². The highest BCUT2D eigenvalue weighted by Gasteiger charge is 2.22. The second-order valence-electron chi connectivity index (χ2n) is 7.02. The maximum absolute atomic E-state index is 12.5. The Bertz CT molecular complexity index is 850. The Morgan fingerprint density at radius 2 is 1.59 bits per heavy atom. The molecule has 0 aliphatic heterocycles. The molecule has 0 fully saturated rings. The third kappa shape index (κ3) is 6.16. The molecule has 0 saturated carbocycles. The number of nitrogens with one attached hydrogen (secondary N) is 3. The van der Waals surface area contributed by atoms with E-state index in [1.165, 1.54) is 17.7 Å². The van der Waals surface area contributed by atoms with E-state index in [0.29, 0.717) is 5.69 Å². The second-order valence-corrected chi connectivity index (χ2v) is 8.73. The Balaban J connectivity index is 1.98. The first-order chi connectivity index (χ1) is 12.7. The molecule has 0 aromatic heterocycles. The van der Waals surface area contributed by atoms with Crippen molar-refractivity contribution >= 4 is 21.6 Å². The van der Waals surface area contributed by atoms with Crippen LogP contribution in [0.2, 0.25) is 0 Å². The normalized spacial score (nSPS) is 14.0. The van der Waals surface area contributed by atoms with Crippen LogP contribution in [0.4, 0.5) is 5.69 Å². The third-order valence-electron chi connectivity index (χ3n) is 4.28. The average molecular weight is 391 g/mol. The predicted octanol–water partition coefficient (Wildman–Crippen LogP) is 1.42. The van der Waals surface area contributed by atoms with Crippen LogP contribution >= 0.6 is 0 Å². The van der Waals surface area contributed by atoms with Crippen LogP contribution < -0.4 is 14.9 Å². The molecule has 2 aromatic rings. The van der Waals surface area contributed by atoms with Crippen molar-refractivity contribution in [2.45, 2.75) is 44.3 Å². The summed E-state index contributed by atoms with van der Waals surface area (Å²) >= 11 is 0. The zero-order valence-corrected chi connectivity index (χ0v) is 17.0. The van der Waals surface area contributed by atoms with E-state index in [1.54, 1.807) is 26.0 Å². The van der Waals surface area contributed by atoms with E-state index >= 15 is 0 Å². The van der Waals surface area contributed by atoms with Crippen LogP contribution in [0.25, 0.3) is 0 Å². The van der Waals surface area contributed by atoms with Crippen molar-refractivity contribution in [1.29, 1.82) is 0 Å². The van der Waals surface area contributed by atoms with E-state index in [4.69, 9.17) is 0 Å². The quantitative estimate of drug-likeness (QED) is 0.638. The lowest BCUT2D eigenvalue weighted by atomic mass is 10.2. The molecule has 0 bridgehead atoms. The summed E-state index contributed by atoms with van der Waals surface area (Å²) in [6.45, 7) is 6.15. The number of amides is 1. The molecule has 1 amide bonds. The summed E-state index contributed by atoms with van der Waals surface area (Å²) in [5, 5.41) is 2.85. The van der Waals surface area contributed by atoms with Crippen LogP contribution in [0.15, 0.2) is 59.5 Å². The summed E-state index contributed by atoms with van der Waals surface area (Å²) in [6.07, 6.45) is 0. The van der Waals surface area contributed by atoms with Crippen LogP contribution in [0.3, 0.4) is 0 Å². The molecule has 0 radical (unpaired) electrons. The van der Waals surface area contributed by atoms with Gasteiger partial charge >= 0.3 is 0 Å². The summed E-state index contributed by atoms with van der Waals surface area (Å²) in [4.78, 5) is 13.8. The fraction of sp³-hybridized carbons (Fsp3) is 0.350. The van der Waals surface area contributed by atoms with Gasteiger partial charge in [-0.1, -0.05) is 30.3 Å². The SMILES string of the molecule is CC(C)NS(=O)(=O)c1ccc(NC(=O)[C@@H](C)[NH+](C)Cc2ccccc2)cc1. The summed E-state index contributed by atoms with van der Waals surface area (Å²) < 4.78 is 26.8. The number of rotatable bonds is 8. The molecule has 146 valence electrons. The zero-order valence-electron chi connectivity index (χ0n) is 16.2. The fourth-order valence-electron chi connectivity index (χ4n) is 2.64. The third-order valence-corrected chi connectivity index (χ3v) is 5.96. The number of quaternary nitrogens is 1. The monoisotopic (exact) mass is 390 g/mol. The number of benzene rings is 2. The number of carbonyl (C=O) groups excluding carboxylic acids is 1. The Kier molecular flexibility index (Phi) is 7.12. The Morgan fingerprint density at radius 3 is 2.15 bits per heavy atom. The topological polar surface area (TPSA) is 79.7 Å². The van der Waals surface area contributed by atoms with E-state index in [-0.39, 0.29) is 22.9 Å². The predicted molar refractivity (Wildman–Crippen MR) is 107 cm³/mol. The summed E-state index contributed by atoms with van der Waals surface area (Å²) in [5.41, 5.74) is 1.74. The van der Waals surface area contributed by atoms with Crippen LogP contribution in [0.1, 0.15) is 26.3 Å². The fourth-order valence-corrected chi connectivity index (χ4v) is 3.89. The van der Waals surface area contributed by atoms with E-state index in [2.05, 4.69) is 10.0 Å². The first kappa shape index (κ1) is 21.1. The largest absolute Gasteiger partial charge is 0.324 e. The molecular weight excluding hydrogens is 362 g/mol. The molecule has 2 atom stereocenters. The highest BCUT2D eigenvalue weighted by Crippen LogP contribution is 2.14. The molecule has 0 heterocycles. The van der Waals surface area contributed by atoms with Gasteiger partial charge in [0.2, 0.25) is 10.0 Å². The molecular formula is C20H28N3O3S+. The molecule has 7 heteroatoms. The van der Waals surface area contributed by atoms with Gasteiger partial charge in [-0.2, -0.15) is 0 Å². The summed E-state index contributed by atoms with van der Waals surface area (Å²) in [6, 6.07) is 15.8. The van der Waals surface area contributed by atoms with Gasteiger partial charge < -0.3 is 10.2 Å². The van der Waals surface area contributed by atoms with Gasteiger partial charge in [0.05, 0.1) is 11.9 Å². The molecule has 2 rings (SSSR count). The number of likely N-dealkylation sites (N-methyl/N-ethyl adjacent to an activating group) is 1. The number of sulfonamides is 1. The van der Waals surface area contributed by atoms with Gasteiger partial charge in [-0.05, 0) is 45.0 Å². The molecule has 2 aromatic carbocycles. The van der Waals surface area contributed by atoms with Crippen molar-refractivity contribution in [3.63, 3.8) is 0 Å². The number of anilines is 1. The molecule has 3 N–H and O–H groups in total. The van der Waals surface area contributed by atoms with Crippen molar-refractivity contribution in [3.8, 4) is 0 Å². The van der Waals surface area contributed by atoms with E-state index < -0.39 is 10.0 Å². The maximum atomic E-state index is 12.5. The minimum absolute atomic E-state index is 0.112. The Labute approximate surface area is 161 Å². The highest BCUT2D eigenvalue weighted by molar-refractivity contribution is 7.89. The lowest BCUT2D eigenvalue weighted by molar-refractivity contribution is -0.907. The molecule has 0 aliphatic rings. The smallest absolute Gasteiger partial charge is 0.282 e. The summed E-state index contributed by atoms with van der Waals surface area (Å²) in [7, 11) is -1.56. The number of hydrogen-bond donors (Lipinski definition) is 3.